The summed E-state index contributed by atoms with van der Waals surface area (Å²) in [5, 5.41) is 3.76. The zero-order valence-electron chi connectivity index (χ0n) is 11.7. The van der Waals surface area contributed by atoms with E-state index >= 15 is 0 Å². The van der Waals surface area contributed by atoms with Crippen LogP contribution < -0.4 is 5.32 Å². The average molecular weight is 323 g/mol. The van der Waals surface area contributed by atoms with Gasteiger partial charge < -0.3 is 4.74 Å². The molecule has 2 aromatic rings. The molecule has 4 nitrogen and oxygen atoms in total. The molecule has 2 rings (SSSR count). The van der Waals surface area contributed by atoms with Gasteiger partial charge in [0.1, 0.15) is 11.6 Å². The standard InChI is InChI=1S/C15H15ClN2O2S/c1-10-8-12(16)13(14(17-10)21-2)18-15(19)20-9-11-6-4-3-5-7-11/h3-8H,9H2,1-2H3,(H,18,19). The number of carbonyl (C=O) groups excluding carboxylic acids is 1. The van der Waals surface area contributed by atoms with Gasteiger partial charge in [0.05, 0.1) is 10.7 Å². The highest BCUT2D eigenvalue weighted by molar-refractivity contribution is 7.98. The van der Waals surface area contributed by atoms with E-state index in [0.717, 1.165) is 11.3 Å². The Hall–Kier alpha value is -1.72. The van der Waals surface area contributed by atoms with Crippen LogP contribution in [-0.2, 0) is 11.3 Å². The fourth-order valence-corrected chi connectivity index (χ4v) is 2.68. The minimum Gasteiger partial charge on any atom is -0.444 e. The first-order valence-corrected chi connectivity index (χ1v) is 7.89. The van der Waals surface area contributed by atoms with E-state index in [4.69, 9.17) is 16.3 Å². The number of aryl methyl sites for hydroxylation is 1. The molecule has 110 valence electrons. The summed E-state index contributed by atoms with van der Waals surface area (Å²) in [6.07, 6.45) is 1.32. The van der Waals surface area contributed by atoms with Crippen LogP contribution in [0.1, 0.15) is 11.3 Å². The van der Waals surface area contributed by atoms with Crippen LogP contribution >= 0.6 is 23.4 Å². The number of rotatable bonds is 4. The third-order valence-corrected chi connectivity index (χ3v) is 3.68. The van der Waals surface area contributed by atoms with Gasteiger partial charge >= 0.3 is 6.09 Å². The first-order chi connectivity index (χ1) is 10.1. The lowest BCUT2D eigenvalue weighted by molar-refractivity contribution is 0.155. The number of benzene rings is 1. The summed E-state index contributed by atoms with van der Waals surface area (Å²) in [4.78, 5) is 16.2. The summed E-state index contributed by atoms with van der Waals surface area (Å²) in [6.45, 7) is 2.06. The topological polar surface area (TPSA) is 51.2 Å². The normalized spacial score (nSPS) is 10.2. The molecule has 0 saturated carbocycles. The smallest absolute Gasteiger partial charge is 0.412 e. The summed E-state index contributed by atoms with van der Waals surface area (Å²) in [7, 11) is 0. The summed E-state index contributed by atoms with van der Waals surface area (Å²) >= 11 is 7.57. The molecule has 0 unspecified atom stereocenters. The van der Waals surface area contributed by atoms with Crippen molar-refractivity contribution in [2.45, 2.75) is 18.6 Å². The molecule has 6 heteroatoms. The number of aromatic nitrogens is 1. The van der Waals surface area contributed by atoms with Gasteiger partial charge in [-0.25, -0.2) is 9.78 Å². The molecule has 0 saturated heterocycles. The molecule has 1 N–H and O–H groups in total. The largest absolute Gasteiger partial charge is 0.444 e. The van der Waals surface area contributed by atoms with E-state index in [1.807, 2.05) is 43.5 Å². The SMILES string of the molecule is CSc1nc(C)cc(Cl)c1NC(=O)OCc1ccccc1. The second kappa shape index (κ2) is 7.33. The van der Waals surface area contributed by atoms with Crippen molar-refractivity contribution < 1.29 is 9.53 Å². The molecule has 0 bridgehead atoms. The first-order valence-electron chi connectivity index (χ1n) is 6.29. The van der Waals surface area contributed by atoms with Gasteiger partial charge in [0.25, 0.3) is 0 Å². The number of nitrogens with zero attached hydrogens (tertiary/aromatic N) is 1. The minimum atomic E-state index is -0.554. The number of halogens is 1. The number of anilines is 1. The summed E-state index contributed by atoms with van der Waals surface area (Å²) < 4.78 is 5.17. The highest BCUT2D eigenvalue weighted by Crippen LogP contribution is 2.31. The van der Waals surface area contributed by atoms with Gasteiger partial charge in [0, 0.05) is 5.69 Å². The minimum absolute atomic E-state index is 0.207. The number of pyridine rings is 1. The van der Waals surface area contributed by atoms with Crippen LogP contribution in [0.5, 0.6) is 0 Å². The number of carbonyl (C=O) groups is 1. The Bertz CT molecular complexity index is 635. The molecule has 1 aromatic heterocycles. The fourth-order valence-electron chi connectivity index (χ4n) is 1.73. The van der Waals surface area contributed by atoms with Gasteiger partial charge in [0.2, 0.25) is 0 Å². The van der Waals surface area contributed by atoms with Gasteiger partial charge in [-0.1, -0.05) is 41.9 Å². The highest BCUT2D eigenvalue weighted by atomic mass is 35.5. The summed E-state index contributed by atoms with van der Waals surface area (Å²) in [6, 6.07) is 11.2. The second-order valence-electron chi connectivity index (χ2n) is 4.32. The number of ether oxygens (including phenoxy) is 1. The zero-order chi connectivity index (χ0) is 15.2. The Balaban J connectivity index is 2.03. The molecule has 1 aromatic carbocycles. The van der Waals surface area contributed by atoms with E-state index in [1.165, 1.54) is 11.8 Å². The maximum Gasteiger partial charge on any atom is 0.412 e. The lowest BCUT2D eigenvalue weighted by Crippen LogP contribution is -2.15. The quantitative estimate of drug-likeness (QED) is 0.841. The van der Waals surface area contributed by atoms with Gasteiger partial charge in [-0.15, -0.1) is 11.8 Å². The number of thioether (sulfide) groups is 1. The van der Waals surface area contributed by atoms with Crippen molar-refractivity contribution in [2.24, 2.45) is 0 Å². The maximum atomic E-state index is 11.9. The molecule has 0 aliphatic carbocycles. The molecular formula is C15H15ClN2O2S. The second-order valence-corrected chi connectivity index (χ2v) is 5.52. The van der Waals surface area contributed by atoms with Crippen LogP contribution in [0.15, 0.2) is 41.4 Å². The number of hydrogen-bond donors (Lipinski definition) is 1. The van der Waals surface area contributed by atoms with Gasteiger partial charge in [0.15, 0.2) is 0 Å². The van der Waals surface area contributed by atoms with Crippen molar-refractivity contribution >= 4 is 35.1 Å². The lowest BCUT2D eigenvalue weighted by Gasteiger charge is -2.12. The predicted molar refractivity (Wildman–Crippen MR) is 86.0 cm³/mol. The van der Waals surface area contributed by atoms with Gasteiger partial charge in [-0.2, -0.15) is 0 Å². The first kappa shape index (κ1) is 15.7. The van der Waals surface area contributed by atoms with Crippen LogP contribution in [-0.4, -0.2) is 17.3 Å². The van der Waals surface area contributed by atoms with Crippen LogP contribution in [0.3, 0.4) is 0 Å². The Labute approximate surface area is 132 Å². The Kier molecular flexibility index (Phi) is 5.47. The fraction of sp³-hybridized carbons (Fsp3) is 0.200. The molecule has 0 radical (unpaired) electrons. The third kappa shape index (κ3) is 4.37. The molecule has 0 aliphatic heterocycles. The molecule has 1 heterocycles. The summed E-state index contributed by atoms with van der Waals surface area (Å²) in [5.41, 5.74) is 2.20. The van der Waals surface area contributed by atoms with Crippen LogP contribution in [0.4, 0.5) is 10.5 Å². The number of amides is 1. The zero-order valence-corrected chi connectivity index (χ0v) is 13.3. The van der Waals surface area contributed by atoms with Crippen molar-refractivity contribution in [3.63, 3.8) is 0 Å². The Morgan fingerprint density at radius 3 is 2.76 bits per heavy atom. The monoisotopic (exact) mass is 322 g/mol. The molecule has 0 spiro atoms. The third-order valence-electron chi connectivity index (χ3n) is 2.70. The van der Waals surface area contributed by atoms with Crippen LogP contribution in [0.25, 0.3) is 0 Å². The molecule has 0 aliphatic rings. The Morgan fingerprint density at radius 2 is 2.10 bits per heavy atom. The summed E-state index contributed by atoms with van der Waals surface area (Å²) in [5.74, 6) is 0. The van der Waals surface area contributed by atoms with E-state index < -0.39 is 6.09 Å². The van der Waals surface area contributed by atoms with Crippen LogP contribution in [0.2, 0.25) is 5.02 Å². The van der Waals surface area contributed by atoms with E-state index in [1.54, 1.807) is 6.07 Å². The lowest BCUT2D eigenvalue weighted by atomic mass is 10.2. The molecule has 21 heavy (non-hydrogen) atoms. The molecular weight excluding hydrogens is 308 g/mol. The molecule has 0 fully saturated rings. The van der Waals surface area contributed by atoms with Crippen molar-refractivity contribution in [3.05, 3.63) is 52.7 Å². The maximum absolute atomic E-state index is 11.9. The van der Waals surface area contributed by atoms with E-state index in [9.17, 15) is 4.79 Å². The van der Waals surface area contributed by atoms with Gasteiger partial charge in [-0.3, -0.25) is 5.32 Å². The van der Waals surface area contributed by atoms with Crippen molar-refractivity contribution in [1.82, 2.24) is 4.98 Å². The van der Waals surface area contributed by atoms with Crippen molar-refractivity contribution in [2.75, 3.05) is 11.6 Å². The molecule has 1 amide bonds. The molecule has 0 atom stereocenters. The van der Waals surface area contributed by atoms with Crippen molar-refractivity contribution in [1.29, 1.82) is 0 Å². The van der Waals surface area contributed by atoms with E-state index in [-0.39, 0.29) is 6.61 Å². The highest BCUT2D eigenvalue weighted by Gasteiger charge is 2.13. The number of nitrogens with one attached hydrogen (secondary N) is 1. The number of hydrogen-bond acceptors (Lipinski definition) is 4. The average Bonchev–Trinajstić information content (AvgIpc) is 2.48. The predicted octanol–water partition coefficient (Wildman–Crippen LogP) is 4.51. The van der Waals surface area contributed by atoms with Gasteiger partial charge in [-0.05, 0) is 24.8 Å². The Morgan fingerprint density at radius 1 is 1.38 bits per heavy atom. The van der Waals surface area contributed by atoms with E-state index in [2.05, 4.69) is 10.3 Å². The van der Waals surface area contributed by atoms with Crippen molar-refractivity contribution in [3.8, 4) is 0 Å². The van der Waals surface area contributed by atoms with E-state index in [0.29, 0.717) is 15.7 Å². The van der Waals surface area contributed by atoms with Crippen LogP contribution in [0, 0.1) is 6.92 Å².